The molecule has 1 aromatic heterocycles. The number of para-hydroxylation sites is 3. The van der Waals surface area contributed by atoms with Crippen LogP contribution in [-0.4, -0.2) is 39.5 Å². The fourth-order valence-electron chi connectivity index (χ4n) is 3.97. The highest BCUT2D eigenvalue weighted by Gasteiger charge is 2.49. The van der Waals surface area contributed by atoms with Gasteiger partial charge in [-0.15, -0.1) is 0 Å². The van der Waals surface area contributed by atoms with Gasteiger partial charge in [-0.05, 0) is 57.4 Å². The van der Waals surface area contributed by atoms with Gasteiger partial charge in [-0.25, -0.2) is 4.98 Å². The molecule has 30 heavy (non-hydrogen) atoms. The minimum Gasteiger partial charge on any atom is -0.490 e. The first-order valence-electron chi connectivity index (χ1n) is 10.3. The minimum absolute atomic E-state index is 0.131. The second-order valence-electron chi connectivity index (χ2n) is 7.90. The second-order valence-corrected chi connectivity index (χ2v) is 7.90. The number of ether oxygens (including phenoxy) is 1. The lowest BCUT2D eigenvalue weighted by molar-refractivity contribution is -0.0958. The van der Waals surface area contributed by atoms with Crippen molar-refractivity contribution < 1.29 is 18.3 Å². The topological polar surface area (TPSA) is 58.2 Å². The largest absolute Gasteiger partial charge is 0.490 e. The predicted molar refractivity (Wildman–Crippen MR) is 111 cm³/mol. The molecule has 1 fully saturated rings. The maximum atomic E-state index is 15.6. The Morgan fingerprint density at radius 1 is 1.17 bits per heavy atom. The molecule has 1 atom stereocenters. The fourth-order valence-corrected chi connectivity index (χ4v) is 3.97. The summed E-state index contributed by atoms with van der Waals surface area (Å²) < 4.78 is 36.9. The smallest absolute Gasteiger partial charge is 0.324 e. The van der Waals surface area contributed by atoms with Crippen LogP contribution in [0.4, 0.5) is 8.78 Å². The number of rotatable bonds is 5. The van der Waals surface area contributed by atoms with Crippen LogP contribution >= 0.6 is 0 Å². The monoisotopic (exact) mass is 413 g/mol. The standard InChI is InChI=1S/C23H25F2N3O2/c1-15(2)30-19-12-6-3-9-16(19)21(29)28-14-8-7-13-20(28)23(24,25)22-26-17-10-4-5-11-18(17)27-22/h3-6,9-12,15,20H,7-8,13-14H2,1-2H3,(H,26,27). The molecule has 5 nitrogen and oxygen atoms in total. The van der Waals surface area contributed by atoms with Crippen LogP contribution < -0.4 is 4.74 Å². The number of carbonyl (C=O) groups is 1. The zero-order chi connectivity index (χ0) is 21.3. The van der Waals surface area contributed by atoms with E-state index >= 15 is 8.78 Å². The van der Waals surface area contributed by atoms with E-state index in [0.29, 0.717) is 35.2 Å². The number of benzene rings is 2. The normalized spacial score (nSPS) is 17.5. The van der Waals surface area contributed by atoms with Crippen LogP contribution in [0.5, 0.6) is 5.75 Å². The van der Waals surface area contributed by atoms with E-state index in [4.69, 9.17) is 4.74 Å². The summed E-state index contributed by atoms with van der Waals surface area (Å²) in [4.78, 5) is 21.5. The van der Waals surface area contributed by atoms with E-state index in [-0.39, 0.29) is 19.1 Å². The second kappa shape index (κ2) is 8.05. The number of H-pyrrole nitrogens is 1. The predicted octanol–water partition coefficient (Wildman–Crippen LogP) is 5.14. The molecule has 0 spiro atoms. The van der Waals surface area contributed by atoms with Crippen molar-refractivity contribution in [3.8, 4) is 5.75 Å². The first-order valence-corrected chi connectivity index (χ1v) is 10.3. The van der Waals surface area contributed by atoms with Crippen molar-refractivity contribution >= 4 is 16.9 Å². The zero-order valence-corrected chi connectivity index (χ0v) is 17.1. The Morgan fingerprint density at radius 2 is 1.90 bits per heavy atom. The van der Waals surface area contributed by atoms with Gasteiger partial charge in [-0.2, -0.15) is 8.78 Å². The Balaban J connectivity index is 1.68. The van der Waals surface area contributed by atoms with Gasteiger partial charge in [0.25, 0.3) is 5.91 Å². The van der Waals surface area contributed by atoms with Gasteiger partial charge in [0.15, 0.2) is 5.82 Å². The highest BCUT2D eigenvalue weighted by molar-refractivity contribution is 5.97. The average Bonchev–Trinajstić information content (AvgIpc) is 3.18. The van der Waals surface area contributed by atoms with Crippen LogP contribution in [-0.2, 0) is 5.92 Å². The minimum atomic E-state index is -3.30. The summed E-state index contributed by atoms with van der Waals surface area (Å²) in [7, 11) is 0. The number of aromatic nitrogens is 2. The van der Waals surface area contributed by atoms with Crippen molar-refractivity contribution in [3.05, 3.63) is 59.9 Å². The van der Waals surface area contributed by atoms with Gasteiger partial charge in [-0.3, -0.25) is 4.79 Å². The third kappa shape index (κ3) is 3.76. The number of hydrogen-bond acceptors (Lipinski definition) is 3. The van der Waals surface area contributed by atoms with Crippen LogP contribution in [0.3, 0.4) is 0 Å². The van der Waals surface area contributed by atoms with Gasteiger partial charge in [0.1, 0.15) is 11.8 Å². The number of nitrogens with one attached hydrogen (secondary N) is 1. The van der Waals surface area contributed by atoms with Crippen molar-refractivity contribution in [2.24, 2.45) is 0 Å². The number of carbonyl (C=O) groups excluding carboxylic acids is 1. The summed E-state index contributed by atoms with van der Waals surface area (Å²) in [5, 5.41) is 0. The summed E-state index contributed by atoms with van der Waals surface area (Å²) in [5.74, 6) is -3.73. The zero-order valence-electron chi connectivity index (χ0n) is 17.1. The van der Waals surface area contributed by atoms with E-state index in [1.165, 1.54) is 4.90 Å². The third-order valence-corrected chi connectivity index (χ3v) is 5.37. The number of nitrogens with zero attached hydrogens (tertiary/aromatic N) is 2. The van der Waals surface area contributed by atoms with E-state index in [1.54, 1.807) is 48.5 Å². The van der Waals surface area contributed by atoms with Crippen molar-refractivity contribution in [2.75, 3.05) is 6.54 Å². The molecule has 0 radical (unpaired) electrons. The van der Waals surface area contributed by atoms with Crippen LogP contribution in [0.1, 0.15) is 49.3 Å². The highest BCUT2D eigenvalue weighted by Crippen LogP contribution is 2.39. The number of likely N-dealkylation sites (tertiary alicyclic amines) is 1. The molecule has 3 aromatic rings. The number of halogens is 2. The lowest BCUT2D eigenvalue weighted by Crippen LogP contribution is -2.52. The average molecular weight is 413 g/mol. The van der Waals surface area contributed by atoms with Crippen molar-refractivity contribution in [1.82, 2.24) is 14.9 Å². The number of piperidine rings is 1. The summed E-state index contributed by atoms with van der Waals surface area (Å²) in [6.07, 6.45) is 1.40. The van der Waals surface area contributed by atoms with Gasteiger partial charge in [0, 0.05) is 6.54 Å². The molecule has 4 rings (SSSR count). The fraction of sp³-hybridized carbons (Fsp3) is 0.391. The molecule has 1 aliphatic rings. The number of amides is 1. The number of imidazole rings is 1. The Kier molecular flexibility index (Phi) is 5.45. The Bertz CT molecular complexity index is 1010. The van der Waals surface area contributed by atoms with E-state index < -0.39 is 23.7 Å². The SMILES string of the molecule is CC(C)Oc1ccccc1C(=O)N1CCCCC1C(F)(F)c1nc2ccccc2[nH]1. The van der Waals surface area contributed by atoms with E-state index in [0.717, 1.165) is 0 Å². The van der Waals surface area contributed by atoms with Crippen molar-refractivity contribution in [2.45, 2.75) is 51.2 Å². The Morgan fingerprint density at radius 3 is 2.67 bits per heavy atom. The molecular formula is C23H25F2N3O2. The molecule has 7 heteroatoms. The quantitative estimate of drug-likeness (QED) is 0.630. The molecule has 1 saturated heterocycles. The number of fused-ring (bicyclic) bond motifs is 1. The molecule has 2 heterocycles. The molecule has 1 N–H and O–H groups in total. The van der Waals surface area contributed by atoms with Crippen LogP contribution in [0.15, 0.2) is 48.5 Å². The van der Waals surface area contributed by atoms with Gasteiger partial charge < -0.3 is 14.6 Å². The molecule has 1 amide bonds. The van der Waals surface area contributed by atoms with Crippen LogP contribution in [0.2, 0.25) is 0 Å². The Hall–Kier alpha value is -2.96. The van der Waals surface area contributed by atoms with Crippen LogP contribution in [0, 0.1) is 0 Å². The van der Waals surface area contributed by atoms with Gasteiger partial charge in [-0.1, -0.05) is 24.3 Å². The molecule has 0 aliphatic carbocycles. The van der Waals surface area contributed by atoms with E-state index in [2.05, 4.69) is 9.97 Å². The lowest BCUT2D eigenvalue weighted by atomic mass is 9.95. The van der Waals surface area contributed by atoms with E-state index in [1.807, 2.05) is 13.8 Å². The molecule has 158 valence electrons. The van der Waals surface area contributed by atoms with E-state index in [9.17, 15) is 4.79 Å². The van der Waals surface area contributed by atoms with Gasteiger partial charge in [0.2, 0.25) is 0 Å². The molecule has 1 unspecified atom stereocenters. The maximum Gasteiger partial charge on any atom is 0.324 e. The molecule has 1 aliphatic heterocycles. The highest BCUT2D eigenvalue weighted by atomic mass is 19.3. The maximum absolute atomic E-state index is 15.6. The molecule has 0 saturated carbocycles. The summed E-state index contributed by atoms with van der Waals surface area (Å²) in [5.41, 5.74) is 1.34. The summed E-state index contributed by atoms with van der Waals surface area (Å²) >= 11 is 0. The first kappa shape index (κ1) is 20.3. The first-order chi connectivity index (χ1) is 14.4. The molecular weight excluding hydrogens is 388 g/mol. The summed E-state index contributed by atoms with van der Waals surface area (Å²) in [6, 6.07) is 12.5. The van der Waals surface area contributed by atoms with Gasteiger partial charge in [0.05, 0.1) is 22.7 Å². The number of alkyl halides is 2. The summed E-state index contributed by atoms with van der Waals surface area (Å²) in [6.45, 7) is 4.00. The van der Waals surface area contributed by atoms with Gasteiger partial charge >= 0.3 is 5.92 Å². The number of aromatic amines is 1. The van der Waals surface area contributed by atoms with Crippen molar-refractivity contribution in [3.63, 3.8) is 0 Å². The van der Waals surface area contributed by atoms with Crippen LogP contribution in [0.25, 0.3) is 11.0 Å². The third-order valence-electron chi connectivity index (χ3n) is 5.37. The Labute approximate surface area is 174 Å². The molecule has 0 bridgehead atoms. The van der Waals surface area contributed by atoms with Crippen molar-refractivity contribution in [1.29, 1.82) is 0 Å². The number of hydrogen-bond donors (Lipinski definition) is 1. The lowest BCUT2D eigenvalue weighted by Gasteiger charge is -2.39. The molecule has 2 aromatic carbocycles.